The van der Waals surface area contributed by atoms with Crippen LogP contribution in [0.1, 0.15) is 30.0 Å². The van der Waals surface area contributed by atoms with E-state index in [-0.39, 0.29) is 11.5 Å². The molecule has 0 spiro atoms. The largest absolute Gasteiger partial charge is 0.460 e. The van der Waals surface area contributed by atoms with Gasteiger partial charge in [-0.05, 0) is 37.1 Å². The Morgan fingerprint density at radius 2 is 1.86 bits per heavy atom. The first-order valence-electron chi connectivity index (χ1n) is 9.04. The monoisotopic (exact) mass is 395 g/mol. The van der Waals surface area contributed by atoms with Gasteiger partial charge in [0.2, 0.25) is 0 Å². The minimum atomic E-state index is -1.18. The molecule has 0 saturated carbocycles. The summed E-state index contributed by atoms with van der Waals surface area (Å²) in [5, 5.41) is 2.53. The zero-order chi connectivity index (χ0) is 21.1. The number of amides is 3. The summed E-state index contributed by atoms with van der Waals surface area (Å²) in [5.41, 5.74) is 6.28. The molecule has 1 aromatic carbocycles. The first-order valence-corrected chi connectivity index (χ1v) is 9.04. The highest BCUT2D eigenvalue weighted by molar-refractivity contribution is 6.05. The van der Waals surface area contributed by atoms with E-state index in [0.29, 0.717) is 28.1 Å². The Bertz CT molecular complexity index is 1090. The van der Waals surface area contributed by atoms with Crippen molar-refractivity contribution in [3.63, 3.8) is 0 Å². The van der Waals surface area contributed by atoms with Crippen molar-refractivity contribution < 1.29 is 23.5 Å². The second-order valence-electron chi connectivity index (χ2n) is 6.91. The minimum absolute atomic E-state index is 0.233. The summed E-state index contributed by atoms with van der Waals surface area (Å²) in [4.78, 5) is 40.7. The number of aromatic nitrogens is 1. The van der Waals surface area contributed by atoms with Crippen LogP contribution in [0.25, 0.3) is 22.4 Å². The highest BCUT2D eigenvalue weighted by atomic mass is 16.5. The number of nitrogens with zero attached hydrogens (tertiary/aromatic N) is 1. The molecule has 0 bridgehead atoms. The van der Waals surface area contributed by atoms with Gasteiger partial charge in [-0.2, -0.15) is 0 Å². The lowest BCUT2D eigenvalue weighted by atomic mass is 10.0. The molecule has 3 N–H and O–H groups in total. The second kappa shape index (κ2) is 8.14. The number of aryl methyl sites for hydroxylation is 1. The number of hydrogen-bond acceptors (Lipinski definition) is 6. The molecule has 0 saturated heterocycles. The van der Waals surface area contributed by atoms with Gasteiger partial charge in [0.25, 0.3) is 5.91 Å². The summed E-state index contributed by atoms with van der Waals surface area (Å²) in [7, 11) is 0. The predicted molar refractivity (Wildman–Crippen MR) is 106 cm³/mol. The van der Waals surface area contributed by atoms with Crippen molar-refractivity contribution in [2.24, 2.45) is 11.7 Å². The molecule has 0 aliphatic heterocycles. The number of primary amides is 1. The van der Waals surface area contributed by atoms with Gasteiger partial charge >= 0.3 is 12.0 Å². The number of carbonyl (C=O) groups excluding carboxylic acids is 3. The van der Waals surface area contributed by atoms with Crippen LogP contribution in [0.15, 0.2) is 46.9 Å². The Labute approximate surface area is 167 Å². The van der Waals surface area contributed by atoms with E-state index in [9.17, 15) is 14.4 Å². The number of urea groups is 1. The maximum Gasteiger partial charge on any atom is 0.339 e. The topological polar surface area (TPSA) is 125 Å². The van der Waals surface area contributed by atoms with E-state index in [1.807, 2.05) is 12.2 Å². The molecule has 8 heteroatoms. The quantitative estimate of drug-likeness (QED) is 0.639. The average Bonchev–Trinajstić information content (AvgIpc) is 3.10. The summed E-state index contributed by atoms with van der Waals surface area (Å²) in [6.07, 6.45) is -1.18. The third-order valence-electron chi connectivity index (χ3n) is 4.27. The lowest BCUT2D eigenvalue weighted by Crippen LogP contribution is -2.45. The lowest BCUT2D eigenvalue weighted by Gasteiger charge is -2.20. The first-order chi connectivity index (χ1) is 13.8. The normalized spacial score (nSPS) is 12.0. The van der Waals surface area contributed by atoms with Crippen molar-refractivity contribution in [3.05, 3.63) is 53.8 Å². The molecule has 0 radical (unpaired) electrons. The predicted octanol–water partition coefficient (Wildman–Crippen LogP) is 3.18. The third-order valence-corrected chi connectivity index (χ3v) is 4.27. The maximum atomic E-state index is 13.0. The molecule has 1 atom stereocenters. The van der Waals surface area contributed by atoms with E-state index in [1.54, 1.807) is 56.3 Å². The van der Waals surface area contributed by atoms with Gasteiger partial charge in [-0.25, -0.2) is 14.6 Å². The second-order valence-corrected chi connectivity index (χ2v) is 6.91. The van der Waals surface area contributed by atoms with Crippen LogP contribution in [0.2, 0.25) is 0 Å². The van der Waals surface area contributed by atoms with Gasteiger partial charge < -0.3 is 14.9 Å². The Morgan fingerprint density at radius 1 is 1.14 bits per heavy atom. The van der Waals surface area contributed by atoms with Gasteiger partial charge in [0, 0.05) is 5.39 Å². The number of fused-ring (bicyclic) bond motifs is 1. The molecule has 8 nitrogen and oxygen atoms in total. The number of furan rings is 1. The highest BCUT2D eigenvalue weighted by Gasteiger charge is 2.29. The fourth-order valence-corrected chi connectivity index (χ4v) is 2.91. The number of nitrogens with two attached hydrogens (primary N) is 1. The van der Waals surface area contributed by atoms with Crippen molar-refractivity contribution in [2.45, 2.75) is 26.9 Å². The molecule has 0 aliphatic carbocycles. The fraction of sp³-hybridized carbons (Fsp3) is 0.238. The highest BCUT2D eigenvalue weighted by Crippen LogP contribution is 2.27. The SMILES string of the molecule is Cc1ccc(-c2cc(C(=O)O[C@H](C(=O)NC(N)=O)C(C)C)c3ccccc3n2)o1. The molecule has 0 fully saturated rings. The van der Waals surface area contributed by atoms with E-state index in [2.05, 4.69) is 4.98 Å². The molecular weight excluding hydrogens is 374 g/mol. The minimum Gasteiger partial charge on any atom is -0.460 e. The summed E-state index contributed by atoms with van der Waals surface area (Å²) in [5.74, 6) is -0.651. The van der Waals surface area contributed by atoms with E-state index in [1.165, 1.54) is 0 Å². The van der Waals surface area contributed by atoms with Crippen LogP contribution in [0.3, 0.4) is 0 Å². The fourth-order valence-electron chi connectivity index (χ4n) is 2.91. The molecule has 3 aromatic rings. The van der Waals surface area contributed by atoms with Crippen LogP contribution in [-0.2, 0) is 9.53 Å². The van der Waals surface area contributed by atoms with Crippen LogP contribution < -0.4 is 11.1 Å². The number of esters is 1. The number of imide groups is 1. The third kappa shape index (κ3) is 4.43. The van der Waals surface area contributed by atoms with Gasteiger partial charge in [-0.15, -0.1) is 0 Å². The molecule has 3 rings (SSSR count). The molecule has 0 aliphatic rings. The summed E-state index contributed by atoms with van der Waals surface area (Å²) < 4.78 is 11.1. The van der Waals surface area contributed by atoms with Crippen LogP contribution in [0.5, 0.6) is 0 Å². The van der Waals surface area contributed by atoms with Crippen LogP contribution in [0.4, 0.5) is 4.79 Å². The number of benzene rings is 1. The number of rotatable bonds is 5. The van der Waals surface area contributed by atoms with Gasteiger partial charge in [0.05, 0.1) is 11.1 Å². The molecule has 3 amide bonds. The number of pyridine rings is 1. The van der Waals surface area contributed by atoms with Crippen molar-refractivity contribution in [1.82, 2.24) is 10.3 Å². The van der Waals surface area contributed by atoms with Gasteiger partial charge in [0.1, 0.15) is 11.5 Å². The molecule has 0 unspecified atom stereocenters. The van der Waals surface area contributed by atoms with E-state index < -0.39 is 24.0 Å². The molecule has 29 heavy (non-hydrogen) atoms. The van der Waals surface area contributed by atoms with E-state index in [4.69, 9.17) is 14.9 Å². The van der Waals surface area contributed by atoms with Crippen molar-refractivity contribution in [1.29, 1.82) is 0 Å². The summed E-state index contributed by atoms with van der Waals surface area (Å²) in [6.45, 7) is 5.20. The Balaban J connectivity index is 2.01. The van der Waals surface area contributed by atoms with Gasteiger partial charge in [0.15, 0.2) is 11.9 Å². The van der Waals surface area contributed by atoms with Crippen molar-refractivity contribution in [2.75, 3.05) is 0 Å². The Kier molecular flexibility index (Phi) is 5.63. The first kappa shape index (κ1) is 20.1. The van der Waals surface area contributed by atoms with Crippen LogP contribution >= 0.6 is 0 Å². The maximum absolute atomic E-state index is 13.0. The molecule has 150 valence electrons. The number of carbonyl (C=O) groups is 3. The molecule has 2 heterocycles. The number of nitrogens with one attached hydrogen (secondary N) is 1. The van der Waals surface area contributed by atoms with Crippen molar-refractivity contribution >= 4 is 28.8 Å². The number of hydrogen-bond donors (Lipinski definition) is 2. The van der Waals surface area contributed by atoms with Crippen LogP contribution in [0, 0.1) is 12.8 Å². The van der Waals surface area contributed by atoms with Crippen LogP contribution in [-0.4, -0.2) is 29.0 Å². The molecular formula is C21H21N3O5. The van der Waals surface area contributed by atoms with E-state index in [0.717, 1.165) is 0 Å². The average molecular weight is 395 g/mol. The van der Waals surface area contributed by atoms with Crippen molar-refractivity contribution in [3.8, 4) is 11.5 Å². The standard InChI is InChI=1S/C21H21N3O5/c1-11(2)18(19(25)24-21(22)27)29-20(26)14-10-16(17-9-8-12(3)28-17)23-15-7-5-4-6-13(14)15/h4-11,18H,1-3H3,(H3,22,24,25,27)/t18-/m0/s1. The zero-order valence-corrected chi connectivity index (χ0v) is 16.3. The summed E-state index contributed by atoms with van der Waals surface area (Å²) >= 11 is 0. The molecule has 2 aromatic heterocycles. The number of para-hydroxylation sites is 1. The Morgan fingerprint density at radius 3 is 2.48 bits per heavy atom. The van der Waals surface area contributed by atoms with Gasteiger partial charge in [-0.3, -0.25) is 10.1 Å². The van der Waals surface area contributed by atoms with E-state index >= 15 is 0 Å². The number of ether oxygens (including phenoxy) is 1. The summed E-state index contributed by atoms with van der Waals surface area (Å²) in [6, 6.07) is 11.2. The van der Waals surface area contributed by atoms with Gasteiger partial charge in [-0.1, -0.05) is 32.0 Å². The lowest BCUT2D eigenvalue weighted by molar-refractivity contribution is -0.130. The zero-order valence-electron chi connectivity index (χ0n) is 16.3. The Hall–Kier alpha value is -3.68. The smallest absolute Gasteiger partial charge is 0.339 e.